The summed E-state index contributed by atoms with van der Waals surface area (Å²) in [6.07, 6.45) is -3.99. The SMILES string of the molecule is COc1cc(OC)nc(NC(=O)NS(=O)(=O)c2ncccc2C(=O)N(C)C)n1.O=C(O)CNCP(=O)(O)O.O=C(O)c1cc(Oc2ccc(C(F)(F)F)cc2Cl)ccc1[N+](=O)[O-]. The monoisotopic (exact) mass is 940 g/mol. The zero-order valence-corrected chi connectivity index (χ0v) is 34.4. The molecule has 62 heavy (non-hydrogen) atoms. The topological polar surface area (TPSA) is 349 Å². The van der Waals surface area contributed by atoms with E-state index in [4.69, 9.17) is 45.8 Å². The molecule has 4 rings (SSSR count). The number of hydrogen-bond donors (Lipinski definition) is 7. The number of benzene rings is 2. The van der Waals surface area contributed by atoms with Crippen molar-refractivity contribution in [1.29, 1.82) is 0 Å². The van der Waals surface area contributed by atoms with Crippen molar-refractivity contribution in [3.05, 3.63) is 92.6 Å². The summed E-state index contributed by atoms with van der Waals surface area (Å²) < 4.78 is 89.6. The lowest BCUT2D eigenvalue weighted by Crippen LogP contribution is -2.36. The van der Waals surface area contributed by atoms with Crippen LogP contribution < -0.4 is 29.6 Å². The number of carboxylic acid groups (broad SMARTS) is 2. The Labute approximate surface area is 352 Å². The van der Waals surface area contributed by atoms with E-state index in [1.165, 1.54) is 57.6 Å². The van der Waals surface area contributed by atoms with E-state index >= 15 is 0 Å². The molecule has 0 saturated carbocycles. The van der Waals surface area contributed by atoms with Crippen molar-refractivity contribution in [2.24, 2.45) is 0 Å². The number of rotatable bonds is 14. The number of pyridine rings is 1. The summed E-state index contributed by atoms with van der Waals surface area (Å²) >= 11 is 5.72. The number of anilines is 1. The standard InChI is InChI=1S/C15H18N6O6S.C14H7ClF3NO5.C3H8NO5P/c1-21(2)13(22)9-6-5-7-16-12(9)28(24,25)20-15(23)19-14-17-10(26-3)8-11(18-14)27-4;15-10-5-7(14(16,17)18)1-4-12(10)24-8-2-3-11(19(22)23)9(6-8)13(20)21;5-3(6)1-4-2-10(7,8)9/h5-8H,1-4H3,(H2,17,18,19,20,23);1-6H,(H,20,21);4H,1-2H2,(H,5,6)(H2,7,8,9). The number of aliphatic carboxylic acids is 1. The highest BCUT2D eigenvalue weighted by Crippen LogP contribution is 2.37. The maximum absolute atomic E-state index is 12.6. The molecule has 0 bridgehead atoms. The number of methoxy groups -OCH3 is 2. The number of nitro groups is 1. The van der Waals surface area contributed by atoms with Gasteiger partial charge in [-0.3, -0.25) is 34.9 Å². The van der Waals surface area contributed by atoms with E-state index in [2.05, 4.69) is 25.6 Å². The number of carbonyl (C=O) groups is 4. The molecule has 0 spiro atoms. The fourth-order valence-electron chi connectivity index (χ4n) is 4.08. The van der Waals surface area contributed by atoms with Crippen LogP contribution in [0.2, 0.25) is 5.02 Å². The maximum Gasteiger partial charge on any atom is 0.416 e. The average molecular weight is 941 g/mol. The third-order valence-electron chi connectivity index (χ3n) is 6.69. The van der Waals surface area contributed by atoms with E-state index in [-0.39, 0.29) is 39.8 Å². The average Bonchev–Trinajstić information content (AvgIpc) is 3.17. The van der Waals surface area contributed by atoms with Crippen molar-refractivity contribution in [3.8, 4) is 23.3 Å². The Morgan fingerprint density at radius 1 is 0.968 bits per heavy atom. The summed E-state index contributed by atoms with van der Waals surface area (Å²) in [7, 11) is -2.94. The second-order valence-corrected chi connectivity index (χ2v) is 15.2. The molecule has 2 aromatic heterocycles. The summed E-state index contributed by atoms with van der Waals surface area (Å²) in [5.41, 5.74) is -2.43. The Morgan fingerprint density at radius 2 is 1.58 bits per heavy atom. The van der Waals surface area contributed by atoms with Gasteiger partial charge in [0.15, 0.2) is 5.03 Å². The molecule has 336 valence electrons. The summed E-state index contributed by atoms with van der Waals surface area (Å²) in [4.78, 5) is 84.0. The Kier molecular flexibility index (Phi) is 18.4. The van der Waals surface area contributed by atoms with Gasteiger partial charge in [-0.05, 0) is 36.4 Å². The van der Waals surface area contributed by atoms with Gasteiger partial charge >= 0.3 is 31.7 Å². The van der Waals surface area contributed by atoms with Gasteiger partial charge < -0.3 is 39.1 Å². The Hall–Kier alpha value is -6.71. The van der Waals surface area contributed by atoms with Crippen molar-refractivity contribution in [2.45, 2.75) is 11.2 Å². The first-order chi connectivity index (χ1) is 28.7. The largest absolute Gasteiger partial charge is 0.481 e. The first-order valence-electron chi connectivity index (χ1n) is 16.2. The van der Waals surface area contributed by atoms with Gasteiger partial charge in [0.2, 0.25) is 17.7 Å². The number of halogens is 4. The highest BCUT2D eigenvalue weighted by Gasteiger charge is 2.31. The van der Waals surface area contributed by atoms with Crippen molar-refractivity contribution in [2.75, 3.05) is 46.5 Å². The lowest BCUT2D eigenvalue weighted by atomic mass is 10.1. The number of aromatic carboxylic acids is 1. The molecule has 4 aromatic rings. The maximum atomic E-state index is 12.6. The Bertz CT molecular complexity index is 2440. The van der Waals surface area contributed by atoms with Crippen LogP contribution in [0.25, 0.3) is 0 Å². The third kappa shape index (κ3) is 16.4. The van der Waals surface area contributed by atoms with Crippen molar-refractivity contribution < 1.29 is 84.5 Å². The Balaban J connectivity index is 0.000000354. The fraction of sp³-hybridized carbons (Fsp3) is 0.219. The first-order valence-corrected chi connectivity index (χ1v) is 19.9. The highest BCUT2D eigenvalue weighted by molar-refractivity contribution is 7.90. The molecule has 0 unspecified atom stereocenters. The number of nitro benzene ring substituents is 1. The van der Waals surface area contributed by atoms with Crippen LogP contribution in [0.4, 0.5) is 29.6 Å². The number of nitrogens with zero attached hydrogens (tertiary/aromatic N) is 5. The molecular weight excluding hydrogens is 908 g/mol. The van der Waals surface area contributed by atoms with Crippen molar-refractivity contribution in [1.82, 2.24) is 29.9 Å². The molecule has 0 aliphatic rings. The van der Waals surface area contributed by atoms with Crippen LogP contribution in [0.15, 0.2) is 65.8 Å². The zero-order chi connectivity index (χ0) is 47.2. The summed E-state index contributed by atoms with van der Waals surface area (Å²) in [5, 5.41) is 31.0. The van der Waals surface area contributed by atoms with Crippen molar-refractivity contribution in [3.63, 3.8) is 0 Å². The number of urea groups is 1. The molecule has 0 fully saturated rings. The first kappa shape index (κ1) is 51.4. The summed E-state index contributed by atoms with van der Waals surface area (Å²) in [6.45, 7) is -0.439. The summed E-state index contributed by atoms with van der Waals surface area (Å²) in [5.74, 6) is -3.64. The number of ether oxygens (including phenoxy) is 3. The van der Waals surface area contributed by atoms with Gasteiger partial charge in [0, 0.05) is 32.4 Å². The van der Waals surface area contributed by atoms with Gasteiger partial charge in [0.25, 0.3) is 21.6 Å². The van der Waals surface area contributed by atoms with Crippen LogP contribution in [-0.2, 0) is 25.6 Å². The molecular formula is C32H33ClF3N8O16PS. The van der Waals surface area contributed by atoms with E-state index in [1.54, 1.807) is 4.72 Å². The third-order valence-corrected chi connectivity index (χ3v) is 8.91. The molecule has 0 saturated heterocycles. The number of sulfonamides is 1. The molecule has 3 amide bonds. The second-order valence-electron chi connectivity index (χ2n) is 11.5. The molecule has 2 heterocycles. The molecule has 0 aliphatic heterocycles. The number of hydrogen-bond acceptors (Lipinski definition) is 16. The van der Waals surface area contributed by atoms with Crippen LogP contribution in [0.5, 0.6) is 23.3 Å². The van der Waals surface area contributed by atoms with Crippen LogP contribution >= 0.6 is 19.2 Å². The molecule has 0 atom stereocenters. The second kappa shape index (κ2) is 22.2. The molecule has 24 nitrogen and oxygen atoms in total. The zero-order valence-electron chi connectivity index (χ0n) is 32.0. The van der Waals surface area contributed by atoms with E-state index in [0.29, 0.717) is 6.07 Å². The number of amides is 3. The van der Waals surface area contributed by atoms with Gasteiger partial charge in [0.05, 0.1) is 54.2 Å². The smallest absolute Gasteiger partial charge is 0.416 e. The van der Waals surface area contributed by atoms with Gasteiger partial charge in [0.1, 0.15) is 17.1 Å². The molecule has 30 heteroatoms. The van der Waals surface area contributed by atoms with E-state index in [1.807, 2.05) is 0 Å². The minimum Gasteiger partial charge on any atom is -0.481 e. The quantitative estimate of drug-likeness (QED) is 0.0539. The van der Waals surface area contributed by atoms with Crippen molar-refractivity contribution >= 4 is 64.7 Å². The number of carboxylic acids is 2. The number of aromatic nitrogens is 3. The van der Waals surface area contributed by atoms with Crippen LogP contribution in [-0.4, -0.2) is 118 Å². The van der Waals surface area contributed by atoms with Crippen LogP contribution in [0.3, 0.4) is 0 Å². The van der Waals surface area contributed by atoms with Crippen LogP contribution in [0, 0.1) is 10.1 Å². The highest BCUT2D eigenvalue weighted by atomic mass is 35.5. The normalized spacial score (nSPS) is 11.0. The van der Waals surface area contributed by atoms with Crippen LogP contribution in [0.1, 0.15) is 26.3 Å². The lowest BCUT2D eigenvalue weighted by Gasteiger charge is -2.14. The predicted octanol–water partition coefficient (Wildman–Crippen LogP) is 3.65. The predicted molar refractivity (Wildman–Crippen MR) is 206 cm³/mol. The molecule has 7 N–H and O–H groups in total. The Morgan fingerprint density at radius 3 is 2.06 bits per heavy atom. The van der Waals surface area contributed by atoms with E-state index < -0.39 is 87.3 Å². The summed E-state index contributed by atoms with van der Waals surface area (Å²) in [6, 6.07) is 8.17. The molecule has 0 radical (unpaired) electrons. The molecule has 2 aromatic carbocycles. The minimum absolute atomic E-state index is 0.0913. The number of alkyl halides is 3. The van der Waals surface area contributed by atoms with Gasteiger partial charge in [-0.15, -0.1) is 0 Å². The van der Waals surface area contributed by atoms with Gasteiger partial charge in [-0.25, -0.2) is 19.3 Å². The van der Waals surface area contributed by atoms with Gasteiger partial charge in [-0.2, -0.15) is 31.6 Å². The van der Waals surface area contributed by atoms with E-state index in [9.17, 15) is 55.4 Å². The number of nitrogens with one attached hydrogen (secondary N) is 3. The van der Waals surface area contributed by atoms with Gasteiger partial charge in [-0.1, -0.05) is 11.6 Å². The van der Waals surface area contributed by atoms with E-state index in [0.717, 1.165) is 30.3 Å². The number of carbonyl (C=O) groups excluding carboxylic acids is 2. The molecule has 0 aliphatic carbocycles. The lowest BCUT2D eigenvalue weighted by molar-refractivity contribution is -0.385. The fourth-order valence-corrected chi connectivity index (χ4v) is 5.74. The minimum atomic E-state index is -4.58.